The van der Waals surface area contributed by atoms with E-state index in [1.807, 2.05) is 84.2 Å². The maximum absolute atomic E-state index is 14.1. The lowest BCUT2D eigenvalue weighted by Gasteiger charge is -2.27. The van der Waals surface area contributed by atoms with Gasteiger partial charge in [-0.2, -0.15) is 0 Å². The van der Waals surface area contributed by atoms with Crippen molar-refractivity contribution in [3.63, 3.8) is 0 Å². The van der Waals surface area contributed by atoms with Gasteiger partial charge in [-0.3, -0.25) is 14.5 Å². The number of hydrogen-bond acceptors (Lipinski definition) is 8. The molecule has 2 aromatic heterocycles. The van der Waals surface area contributed by atoms with Crippen molar-refractivity contribution in [1.82, 2.24) is 4.90 Å². The number of ether oxygens (including phenoxy) is 1. The van der Waals surface area contributed by atoms with Gasteiger partial charge in [-0.05, 0) is 52.8 Å². The predicted molar refractivity (Wildman–Crippen MR) is 182 cm³/mol. The first kappa shape index (κ1) is 30.8. The lowest BCUT2D eigenvalue weighted by atomic mass is 10.0. The summed E-state index contributed by atoms with van der Waals surface area (Å²) in [5.41, 5.74) is 4.09. The first-order valence-corrected chi connectivity index (χ1v) is 17.0. The molecule has 228 valence electrons. The van der Waals surface area contributed by atoms with Gasteiger partial charge < -0.3 is 15.4 Å². The lowest BCUT2D eigenvalue weighted by molar-refractivity contribution is -0.115. The summed E-state index contributed by atoms with van der Waals surface area (Å²) in [6.45, 7) is 2.31. The van der Waals surface area contributed by atoms with Crippen molar-refractivity contribution in [3.8, 4) is 0 Å². The topological polar surface area (TPSA) is 87.7 Å². The molecule has 1 atom stereocenters. The molecule has 0 bridgehead atoms. The SMILES string of the molecule is COC(=O)c1c(NC(=O)C(Sc2cccc(NC(=O)c3cccs3)c2)c2ccccc2)sc2c1CCN(Cc1ccccc1)C2. The largest absolute Gasteiger partial charge is 0.465 e. The Morgan fingerprint density at radius 3 is 2.44 bits per heavy atom. The monoisotopic (exact) mass is 653 g/mol. The first-order chi connectivity index (χ1) is 22.0. The Labute approximate surface area is 274 Å². The summed E-state index contributed by atoms with van der Waals surface area (Å²) in [5.74, 6) is -0.870. The second-order valence-corrected chi connectivity index (χ2v) is 13.7. The zero-order valence-corrected chi connectivity index (χ0v) is 27.0. The molecular weight excluding hydrogens is 623 g/mol. The van der Waals surface area contributed by atoms with Crippen LogP contribution in [0.2, 0.25) is 0 Å². The minimum Gasteiger partial charge on any atom is -0.465 e. The number of hydrogen-bond donors (Lipinski definition) is 2. The number of thioether (sulfide) groups is 1. The number of nitrogens with zero attached hydrogens (tertiary/aromatic N) is 1. The van der Waals surface area contributed by atoms with Crippen molar-refractivity contribution in [1.29, 1.82) is 0 Å². The van der Waals surface area contributed by atoms with Crippen molar-refractivity contribution >= 4 is 62.9 Å². The fourth-order valence-electron chi connectivity index (χ4n) is 5.30. The van der Waals surface area contributed by atoms with Crippen LogP contribution in [0.25, 0.3) is 0 Å². The fraction of sp³-hybridized carbons (Fsp3) is 0.171. The zero-order valence-electron chi connectivity index (χ0n) is 24.5. The van der Waals surface area contributed by atoms with Gasteiger partial charge in [0, 0.05) is 35.1 Å². The Morgan fingerprint density at radius 2 is 1.71 bits per heavy atom. The molecule has 6 rings (SSSR count). The van der Waals surface area contributed by atoms with E-state index < -0.39 is 11.2 Å². The number of anilines is 2. The van der Waals surface area contributed by atoms with E-state index in [-0.39, 0.29) is 11.8 Å². The number of carbonyl (C=O) groups is 3. The Morgan fingerprint density at radius 1 is 0.933 bits per heavy atom. The number of methoxy groups -OCH3 is 1. The van der Waals surface area contributed by atoms with Gasteiger partial charge in [0.1, 0.15) is 10.3 Å². The minimum absolute atomic E-state index is 0.177. The second-order valence-electron chi connectivity index (χ2n) is 10.5. The molecule has 0 radical (unpaired) electrons. The third kappa shape index (κ3) is 7.37. The highest BCUT2D eigenvalue weighted by Crippen LogP contribution is 2.41. The van der Waals surface area contributed by atoms with E-state index in [0.29, 0.717) is 34.1 Å². The number of thiophene rings is 2. The van der Waals surface area contributed by atoms with Gasteiger partial charge in [0.2, 0.25) is 5.91 Å². The molecule has 0 spiro atoms. The smallest absolute Gasteiger partial charge is 0.341 e. The van der Waals surface area contributed by atoms with Gasteiger partial charge in [-0.1, -0.05) is 72.8 Å². The van der Waals surface area contributed by atoms with Gasteiger partial charge in [-0.25, -0.2) is 4.79 Å². The number of esters is 1. The molecular formula is C35H31N3O4S3. The first-order valence-electron chi connectivity index (χ1n) is 14.4. The zero-order chi connectivity index (χ0) is 31.2. The molecule has 45 heavy (non-hydrogen) atoms. The minimum atomic E-state index is -0.617. The molecule has 10 heteroatoms. The Hall–Kier alpha value is -4.22. The van der Waals surface area contributed by atoms with Crippen molar-refractivity contribution in [2.45, 2.75) is 29.7 Å². The molecule has 5 aromatic rings. The molecule has 0 saturated carbocycles. The number of nitrogens with one attached hydrogen (secondary N) is 2. The van der Waals surface area contributed by atoms with Gasteiger partial charge in [-0.15, -0.1) is 34.4 Å². The maximum atomic E-state index is 14.1. The Kier molecular flexibility index (Phi) is 9.75. The Bertz CT molecular complexity index is 1790. The van der Waals surface area contributed by atoms with Crippen LogP contribution < -0.4 is 10.6 Å². The highest BCUT2D eigenvalue weighted by molar-refractivity contribution is 8.00. The average Bonchev–Trinajstić information content (AvgIpc) is 3.73. The van der Waals surface area contributed by atoms with Crippen LogP contribution in [0.4, 0.5) is 10.7 Å². The van der Waals surface area contributed by atoms with E-state index >= 15 is 0 Å². The van der Waals surface area contributed by atoms with Gasteiger partial charge >= 0.3 is 5.97 Å². The fourth-order valence-corrected chi connectivity index (χ4v) is 8.28. The van der Waals surface area contributed by atoms with Crippen LogP contribution in [-0.4, -0.2) is 36.3 Å². The summed E-state index contributed by atoms with van der Waals surface area (Å²) in [7, 11) is 1.37. The molecule has 0 aliphatic carbocycles. The van der Waals surface area contributed by atoms with E-state index in [9.17, 15) is 14.4 Å². The van der Waals surface area contributed by atoms with Crippen LogP contribution in [0.3, 0.4) is 0 Å². The average molecular weight is 654 g/mol. The highest BCUT2D eigenvalue weighted by Gasteiger charge is 2.31. The second kappa shape index (κ2) is 14.3. The van der Waals surface area contributed by atoms with E-state index in [1.165, 1.54) is 47.1 Å². The Balaban J connectivity index is 1.24. The van der Waals surface area contributed by atoms with Crippen LogP contribution in [0.1, 0.15) is 46.8 Å². The number of carbonyl (C=O) groups excluding carboxylic acids is 3. The highest BCUT2D eigenvalue weighted by atomic mass is 32.2. The van der Waals surface area contributed by atoms with E-state index in [0.717, 1.165) is 34.0 Å². The van der Waals surface area contributed by atoms with Gasteiger partial charge in [0.25, 0.3) is 5.91 Å². The number of benzene rings is 3. The molecule has 0 saturated heterocycles. The molecule has 3 heterocycles. The molecule has 2 N–H and O–H groups in total. The van der Waals surface area contributed by atoms with Crippen LogP contribution in [-0.2, 0) is 29.0 Å². The molecule has 0 fully saturated rings. The van der Waals surface area contributed by atoms with E-state index in [4.69, 9.17) is 4.74 Å². The number of fused-ring (bicyclic) bond motifs is 1. The van der Waals surface area contributed by atoms with Crippen molar-refractivity contribution < 1.29 is 19.1 Å². The molecule has 3 aromatic carbocycles. The molecule has 7 nitrogen and oxygen atoms in total. The number of amides is 2. The maximum Gasteiger partial charge on any atom is 0.341 e. The van der Waals surface area contributed by atoms with E-state index in [1.54, 1.807) is 6.07 Å². The summed E-state index contributed by atoms with van der Waals surface area (Å²) >= 11 is 4.21. The van der Waals surface area contributed by atoms with Crippen molar-refractivity contribution in [3.05, 3.63) is 134 Å². The summed E-state index contributed by atoms with van der Waals surface area (Å²) in [6, 6.07) is 31.0. The summed E-state index contributed by atoms with van der Waals surface area (Å²) in [6.07, 6.45) is 0.694. The van der Waals surface area contributed by atoms with Crippen LogP contribution in [0.15, 0.2) is 107 Å². The summed E-state index contributed by atoms with van der Waals surface area (Å²) in [4.78, 5) is 44.6. The van der Waals surface area contributed by atoms with Crippen molar-refractivity contribution in [2.24, 2.45) is 0 Å². The molecule has 1 unspecified atom stereocenters. The summed E-state index contributed by atoms with van der Waals surface area (Å²) < 4.78 is 5.18. The third-order valence-corrected chi connectivity index (χ3v) is 10.7. The lowest BCUT2D eigenvalue weighted by Crippen LogP contribution is -2.29. The van der Waals surface area contributed by atoms with Gasteiger partial charge in [0.15, 0.2) is 0 Å². The predicted octanol–water partition coefficient (Wildman–Crippen LogP) is 7.88. The molecule has 2 amide bonds. The normalized spacial score (nSPS) is 13.4. The number of rotatable bonds is 10. The quantitative estimate of drug-likeness (QED) is 0.118. The standard InChI is InChI=1S/C35H31N3O4S3/c1-42-35(41)30-27-17-18-38(21-23-10-4-2-5-11-23)22-29(27)45-34(30)37-33(40)31(24-12-6-3-7-13-24)44-26-15-8-14-25(20-26)36-32(39)28-16-9-19-43-28/h2-16,19-20,31H,17-18,21-22H2,1H3,(H,36,39)(H,37,40). The molecule has 1 aliphatic rings. The third-order valence-electron chi connectivity index (χ3n) is 7.44. The van der Waals surface area contributed by atoms with Crippen LogP contribution in [0.5, 0.6) is 0 Å². The van der Waals surface area contributed by atoms with Crippen LogP contribution >= 0.6 is 34.4 Å². The summed E-state index contributed by atoms with van der Waals surface area (Å²) in [5, 5.41) is 7.80. The van der Waals surface area contributed by atoms with Gasteiger partial charge in [0.05, 0.1) is 17.6 Å². The van der Waals surface area contributed by atoms with E-state index in [2.05, 4.69) is 27.7 Å². The van der Waals surface area contributed by atoms with Crippen molar-refractivity contribution in [2.75, 3.05) is 24.3 Å². The molecule has 1 aliphatic heterocycles. The van der Waals surface area contributed by atoms with Crippen LogP contribution in [0, 0.1) is 0 Å².